The summed E-state index contributed by atoms with van der Waals surface area (Å²) in [6.45, 7) is 9.78. The molecule has 0 bridgehead atoms. The SMILES string of the molecule is C=C=C(CCCCCC(C)=NC(=O)c1ccccc1C)Cc1cc(C)cc(N)c1. The lowest BCUT2D eigenvalue weighted by Gasteiger charge is -2.08. The van der Waals surface area contributed by atoms with Gasteiger partial charge in [-0.05, 0) is 86.9 Å². The maximum atomic E-state index is 12.3. The summed E-state index contributed by atoms with van der Waals surface area (Å²) >= 11 is 0. The van der Waals surface area contributed by atoms with Crippen molar-refractivity contribution in [2.75, 3.05) is 5.73 Å². The normalized spacial score (nSPS) is 11.2. The van der Waals surface area contributed by atoms with Crippen LogP contribution in [0, 0.1) is 13.8 Å². The standard InChI is InChI=1S/C26H32N2O/c1-5-22(17-23-15-19(2)16-24(27)18-23)13-8-6-7-12-21(4)28-26(29)25-14-10-9-11-20(25)3/h9-11,14-16,18H,1,6-8,12-13,17,27H2,2-4H3. The van der Waals surface area contributed by atoms with Gasteiger partial charge in [0, 0.05) is 23.4 Å². The molecule has 0 radical (unpaired) electrons. The Morgan fingerprint density at radius 2 is 1.79 bits per heavy atom. The van der Waals surface area contributed by atoms with Crippen molar-refractivity contribution >= 4 is 17.3 Å². The molecule has 0 aliphatic heterocycles. The molecule has 2 aromatic rings. The molecule has 2 aromatic carbocycles. The van der Waals surface area contributed by atoms with E-state index in [1.54, 1.807) is 0 Å². The van der Waals surface area contributed by atoms with Crippen LogP contribution in [0.3, 0.4) is 0 Å². The van der Waals surface area contributed by atoms with Crippen LogP contribution in [0.25, 0.3) is 0 Å². The second-order valence-corrected chi connectivity index (χ2v) is 7.74. The summed E-state index contributed by atoms with van der Waals surface area (Å²) in [4.78, 5) is 16.6. The number of hydrogen-bond acceptors (Lipinski definition) is 2. The number of nitrogens with two attached hydrogens (primary N) is 1. The van der Waals surface area contributed by atoms with Crippen molar-refractivity contribution in [2.45, 2.75) is 59.3 Å². The lowest BCUT2D eigenvalue weighted by Crippen LogP contribution is -2.02. The Kier molecular flexibility index (Phi) is 8.64. The first-order valence-electron chi connectivity index (χ1n) is 10.3. The first kappa shape index (κ1) is 22.4. The molecule has 2 N–H and O–H groups in total. The van der Waals surface area contributed by atoms with Crippen LogP contribution in [-0.2, 0) is 6.42 Å². The van der Waals surface area contributed by atoms with Gasteiger partial charge < -0.3 is 5.73 Å². The molecule has 0 atom stereocenters. The highest BCUT2D eigenvalue weighted by Crippen LogP contribution is 2.18. The first-order chi connectivity index (χ1) is 13.9. The van der Waals surface area contributed by atoms with E-state index in [-0.39, 0.29) is 5.91 Å². The van der Waals surface area contributed by atoms with E-state index in [2.05, 4.69) is 30.3 Å². The summed E-state index contributed by atoms with van der Waals surface area (Å²) in [5.74, 6) is -0.144. The van der Waals surface area contributed by atoms with Gasteiger partial charge in [0.25, 0.3) is 5.91 Å². The molecule has 152 valence electrons. The fraction of sp³-hybridized carbons (Fsp3) is 0.346. The quantitative estimate of drug-likeness (QED) is 0.234. The van der Waals surface area contributed by atoms with Crippen molar-refractivity contribution in [1.82, 2.24) is 0 Å². The molecule has 0 aromatic heterocycles. The van der Waals surface area contributed by atoms with Crippen LogP contribution in [0.4, 0.5) is 5.69 Å². The number of carbonyl (C=O) groups is 1. The van der Waals surface area contributed by atoms with Crippen molar-refractivity contribution in [3.05, 3.63) is 82.6 Å². The average Bonchev–Trinajstić information content (AvgIpc) is 2.66. The number of rotatable bonds is 9. The highest BCUT2D eigenvalue weighted by molar-refractivity contribution is 6.04. The number of hydrogen-bond donors (Lipinski definition) is 1. The van der Waals surface area contributed by atoms with Gasteiger partial charge in [0.2, 0.25) is 0 Å². The van der Waals surface area contributed by atoms with E-state index >= 15 is 0 Å². The molecule has 0 unspecified atom stereocenters. The van der Waals surface area contributed by atoms with E-state index in [9.17, 15) is 4.79 Å². The number of anilines is 1. The molecule has 3 heteroatoms. The van der Waals surface area contributed by atoms with E-state index < -0.39 is 0 Å². The van der Waals surface area contributed by atoms with Gasteiger partial charge in [-0.1, -0.05) is 37.3 Å². The fourth-order valence-electron chi connectivity index (χ4n) is 3.48. The number of unbranched alkanes of at least 4 members (excludes halogenated alkanes) is 2. The minimum atomic E-state index is -0.144. The van der Waals surface area contributed by atoms with Gasteiger partial charge in [-0.25, -0.2) is 4.99 Å². The van der Waals surface area contributed by atoms with E-state index in [4.69, 9.17) is 5.73 Å². The molecular weight excluding hydrogens is 356 g/mol. The van der Waals surface area contributed by atoms with Crippen LogP contribution < -0.4 is 5.73 Å². The molecule has 0 saturated heterocycles. The predicted octanol–water partition coefficient (Wildman–Crippen LogP) is 6.39. The average molecular weight is 389 g/mol. The third-order valence-corrected chi connectivity index (χ3v) is 5.01. The number of benzene rings is 2. The number of amides is 1. The predicted molar refractivity (Wildman–Crippen MR) is 124 cm³/mol. The van der Waals surface area contributed by atoms with Gasteiger partial charge >= 0.3 is 0 Å². The number of nitrogen functional groups attached to an aromatic ring is 1. The minimum Gasteiger partial charge on any atom is -0.399 e. The zero-order valence-electron chi connectivity index (χ0n) is 17.9. The molecule has 0 aliphatic carbocycles. The van der Waals surface area contributed by atoms with Crippen LogP contribution in [-0.4, -0.2) is 11.6 Å². The lowest BCUT2D eigenvalue weighted by molar-refractivity contribution is 0.100. The van der Waals surface area contributed by atoms with Gasteiger partial charge in [-0.3, -0.25) is 4.79 Å². The molecule has 0 fully saturated rings. The Morgan fingerprint density at radius 1 is 1.07 bits per heavy atom. The zero-order chi connectivity index (χ0) is 21.2. The van der Waals surface area contributed by atoms with Crippen LogP contribution in [0.5, 0.6) is 0 Å². The summed E-state index contributed by atoms with van der Waals surface area (Å²) in [6, 6.07) is 13.7. The van der Waals surface area contributed by atoms with Crippen molar-refractivity contribution in [3.8, 4) is 0 Å². The van der Waals surface area contributed by atoms with E-state index in [1.165, 1.54) is 16.7 Å². The summed E-state index contributed by atoms with van der Waals surface area (Å²) in [7, 11) is 0. The fourth-order valence-corrected chi connectivity index (χ4v) is 3.48. The maximum absolute atomic E-state index is 12.3. The van der Waals surface area contributed by atoms with Gasteiger partial charge in [0.1, 0.15) is 0 Å². The van der Waals surface area contributed by atoms with Crippen LogP contribution in [0.1, 0.15) is 66.1 Å². The summed E-state index contributed by atoms with van der Waals surface area (Å²) in [6.07, 6.45) is 5.87. The summed E-state index contributed by atoms with van der Waals surface area (Å²) < 4.78 is 0. The van der Waals surface area contributed by atoms with Gasteiger partial charge in [0.05, 0.1) is 0 Å². The van der Waals surface area contributed by atoms with Gasteiger partial charge in [-0.2, -0.15) is 0 Å². The zero-order valence-corrected chi connectivity index (χ0v) is 17.9. The topological polar surface area (TPSA) is 55.5 Å². The highest BCUT2D eigenvalue weighted by atomic mass is 16.1. The Labute approximate surface area is 175 Å². The smallest absolute Gasteiger partial charge is 0.277 e. The summed E-state index contributed by atoms with van der Waals surface area (Å²) in [5, 5.41) is 0. The first-order valence-corrected chi connectivity index (χ1v) is 10.3. The second-order valence-electron chi connectivity index (χ2n) is 7.74. The van der Waals surface area contributed by atoms with Crippen molar-refractivity contribution < 1.29 is 4.79 Å². The summed E-state index contributed by atoms with van der Waals surface area (Å²) in [5.41, 5.74) is 16.0. The number of allylic oxidation sites excluding steroid dienone is 1. The molecule has 1 amide bonds. The monoisotopic (exact) mass is 388 g/mol. The molecule has 0 spiro atoms. The second kappa shape index (κ2) is 11.2. The van der Waals surface area contributed by atoms with Crippen LogP contribution >= 0.6 is 0 Å². The van der Waals surface area contributed by atoms with Crippen molar-refractivity contribution in [3.63, 3.8) is 0 Å². The molecule has 29 heavy (non-hydrogen) atoms. The van der Waals surface area contributed by atoms with E-state index in [1.807, 2.05) is 50.2 Å². The Morgan fingerprint density at radius 3 is 2.48 bits per heavy atom. The molecule has 2 rings (SSSR count). The number of nitrogens with zero attached hydrogens (tertiary/aromatic N) is 1. The van der Waals surface area contributed by atoms with Crippen LogP contribution in [0.15, 0.2) is 65.3 Å². The molecule has 0 aliphatic rings. The highest BCUT2D eigenvalue weighted by Gasteiger charge is 2.07. The third-order valence-electron chi connectivity index (χ3n) is 5.01. The number of aliphatic imine (C=N–C) groups is 1. The number of aryl methyl sites for hydroxylation is 2. The minimum absolute atomic E-state index is 0.144. The maximum Gasteiger partial charge on any atom is 0.277 e. The van der Waals surface area contributed by atoms with E-state index in [0.717, 1.165) is 55.5 Å². The molecule has 0 heterocycles. The lowest BCUT2D eigenvalue weighted by atomic mass is 9.98. The Balaban J connectivity index is 1.76. The van der Waals surface area contributed by atoms with Crippen molar-refractivity contribution in [2.24, 2.45) is 4.99 Å². The Hall–Kier alpha value is -2.90. The molecular formula is C26H32N2O. The Bertz CT molecular complexity index is 913. The third kappa shape index (κ3) is 7.56. The van der Waals surface area contributed by atoms with Gasteiger partial charge in [0.15, 0.2) is 0 Å². The van der Waals surface area contributed by atoms with E-state index in [0.29, 0.717) is 5.56 Å². The van der Waals surface area contributed by atoms with Crippen LogP contribution in [0.2, 0.25) is 0 Å². The van der Waals surface area contributed by atoms with Crippen molar-refractivity contribution in [1.29, 1.82) is 0 Å². The van der Waals surface area contributed by atoms with Gasteiger partial charge in [-0.15, -0.1) is 5.73 Å². The largest absolute Gasteiger partial charge is 0.399 e. The molecule has 0 saturated carbocycles. The number of carbonyl (C=O) groups excluding carboxylic acids is 1. The molecule has 3 nitrogen and oxygen atoms in total.